The Kier molecular flexibility index (Phi) is 2.84. The molecule has 0 amide bonds. The van der Waals surface area contributed by atoms with E-state index in [1.807, 2.05) is 12.1 Å². The van der Waals surface area contributed by atoms with Gasteiger partial charge in [-0.2, -0.15) is 0 Å². The molecule has 20 heavy (non-hydrogen) atoms. The Morgan fingerprint density at radius 3 is 2.55 bits per heavy atom. The predicted octanol–water partition coefficient (Wildman–Crippen LogP) is 3.95. The molecule has 2 aliphatic heterocycles. The number of para-hydroxylation sites is 1. The number of nitrogens with zero attached hydrogens (tertiary/aromatic N) is 2. The van der Waals surface area contributed by atoms with Crippen LogP contribution in [0.3, 0.4) is 0 Å². The maximum absolute atomic E-state index is 5.50. The zero-order valence-electron chi connectivity index (χ0n) is 12.2. The molecule has 2 bridgehead atoms. The summed E-state index contributed by atoms with van der Waals surface area (Å²) in [5, 5.41) is 5.61. The first-order valence-electron chi connectivity index (χ1n) is 7.86. The smallest absolute Gasteiger partial charge is 0.167 e. The molecular formula is C17H22N2O. The van der Waals surface area contributed by atoms with Crippen LogP contribution in [0, 0.1) is 0 Å². The molecule has 0 radical (unpaired) electrons. The molecule has 2 unspecified atom stereocenters. The van der Waals surface area contributed by atoms with E-state index in [0.29, 0.717) is 12.0 Å². The van der Waals surface area contributed by atoms with Gasteiger partial charge in [0.05, 0.1) is 5.69 Å². The lowest BCUT2D eigenvalue weighted by Gasteiger charge is -2.41. The Bertz CT molecular complexity index is 604. The van der Waals surface area contributed by atoms with Crippen LogP contribution in [0.1, 0.15) is 51.1 Å². The molecule has 0 spiro atoms. The average Bonchev–Trinajstić information content (AvgIpc) is 2.98. The van der Waals surface area contributed by atoms with Crippen LogP contribution < -0.4 is 0 Å². The summed E-state index contributed by atoms with van der Waals surface area (Å²) in [7, 11) is 0. The quantitative estimate of drug-likeness (QED) is 0.827. The van der Waals surface area contributed by atoms with Gasteiger partial charge in [-0.25, -0.2) is 0 Å². The first kappa shape index (κ1) is 12.4. The standard InChI is InChI=1S/C17H22N2O/c1-11(2)19-13-7-8-14(19)10-12(9-13)17-15-5-3-4-6-16(15)20-18-17/h3-6,11-14H,7-10H2,1-2H3. The van der Waals surface area contributed by atoms with Gasteiger partial charge in [-0.15, -0.1) is 0 Å². The van der Waals surface area contributed by atoms with Gasteiger partial charge in [0.2, 0.25) is 0 Å². The Hall–Kier alpha value is -1.35. The topological polar surface area (TPSA) is 29.3 Å². The van der Waals surface area contributed by atoms with Gasteiger partial charge in [-0.3, -0.25) is 4.90 Å². The minimum atomic E-state index is 0.575. The van der Waals surface area contributed by atoms with Gasteiger partial charge in [0.1, 0.15) is 0 Å². The van der Waals surface area contributed by atoms with Crippen LogP contribution >= 0.6 is 0 Å². The van der Waals surface area contributed by atoms with Crippen molar-refractivity contribution < 1.29 is 4.52 Å². The highest BCUT2D eigenvalue weighted by molar-refractivity contribution is 5.79. The third-order valence-electron chi connectivity index (χ3n) is 5.18. The Morgan fingerprint density at radius 1 is 1.15 bits per heavy atom. The zero-order chi connectivity index (χ0) is 13.7. The average molecular weight is 270 g/mol. The number of fused-ring (bicyclic) bond motifs is 3. The van der Waals surface area contributed by atoms with Gasteiger partial charge in [0, 0.05) is 29.4 Å². The van der Waals surface area contributed by atoms with E-state index in [1.165, 1.54) is 36.8 Å². The fourth-order valence-electron chi connectivity index (χ4n) is 4.48. The number of rotatable bonds is 2. The van der Waals surface area contributed by atoms with Crippen molar-refractivity contribution in [1.82, 2.24) is 10.1 Å². The first-order valence-corrected chi connectivity index (χ1v) is 7.86. The normalized spacial score (nSPS) is 30.4. The number of aromatic nitrogens is 1. The minimum absolute atomic E-state index is 0.575. The van der Waals surface area contributed by atoms with Gasteiger partial charge < -0.3 is 4.52 Å². The number of hydrogen-bond acceptors (Lipinski definition) is 3. The fraction of sp³-hybridized carbons (Fsp3) is 0.588. The van der Waals surface area contributed by atoms with Crippen molar-refractivity contribution in [3.05, 3.63) is 30.0 Å². The summed E-state index contributed by atoms with van der Waals surface area (Å²) in [5.74, 6) is 0.575. The van der Waals surface area contributed by atoms with Gasteiger partial charge in [-0.1, -0.05) is 17.3 Å². The van der Waals surface area contributed by atoms with E-state index in [1.54, 1.807) is 0 Å². The second-order valence-electron chi connectivity index (χ2n) is 6.66. The zero-order valence-corrected chi connectivity index (χ0v) is 12.2. The Labute approximate surface area is 119 Å². The lowest BCUT2D eigenvalue weighted by Crippen LogP contribution is -2.46. The van der Waals surface area contributed by atoms with E-state index in [-0.39, 0.29) is 0 Å². The van der Waals surface area contributed by atoms with Crippen LogP contribution in [-0.2, 0) is 0 Å². The molecule has 106 valence electrons. The largest absolute Gasteiger partial charge is 0.356 e. The van der Waals surface area contributed by atoms with Crippen LogP contribution in [-0.4, -0.2) is 28.2 Å². The molecule has 1 aromatic carbocycles. The van der Waals surface area contributed by atoms with Crippen molar-refractivity contribution in [2.24, 2.45) is 0 Å². The van der Waals surface area contributed by atoms with Crippen molar-refractivity contribution in [2.75, 3.05) is 0 Å². The number of benzene rings is 1. The third-order valence-corrected chi connectivity index (χ3v) is 5.18. The van der Waals surface area contributed by atoms with E-state index >= 15 is 0 Å². The van der Waals surface area contributed by atoms with E-state index in [9.17, 15) is 0 Å². The summed E-state index contributed by atoms with van der Waals surface area (Å²) in [6.07, 6.45) is 5.20. The van der Waals surface area contributed by atoms with Crippen molar-refractivity contribution >= 4 is 11.0 Å². The molecular weight excluding hydrogens is 248 g/mol. The van der Waals surface area contributed by atoms with E-state index < -0.39 is 0 Å². The highest BCUT2D eigenvalue weighted by atomic mass is 16.5. The summed E-state index contributed by atoms with van der Waals surface area (Å²) in [6.45, 7) is 4.66. The Balaban J connectivity index is 1.66. The monoisotopic (exact) mass is 270 g/mol. The second kappa shape index (κ2) is 4.59. The highest BCUT2D eigenvalue weighted by Crippen LogP contribution is 2.44. The molecule has 2 fully saturated rings. The molecule has 3 nitrogen and oxygen atoms in total. The minimum Gasteiger partial charge on any atom is -0.356 e. The highest BCUT2D eigenvalue weighted by Gasteiger charge is 2.43. The van der Waals surface area contributed by atoms with Gasteiger partial charge in [0.15, 0.2) is 5.58 Å². The number of piperidine rings is 1. The lowest BCUT2D eigenvalue weighted by molar-refractivity contribution is 0.0912. The molecule has 4 rings (SSSR count). The van der Waals surface area contributed by atoms with E-state index in [0.717, 1.165) is 17.7 Å². The lowest BCUT2D eigenvalue weighted by atomic mass is 9.86. The second-order valence-corrected chi connectivity index (χ2v) is 6.66. The summed E-state index contributed by atoms with van der Waals surface area (Å²) in [4.78, 5) is 2.73. The van der Waals surface area contributed by atoms with Crippen LogP contribution in [0.2, 0.25) is 0 Å². The van der Waals surface area contributed by atoms with Crippen LogP contribution in [0.4, 0.5) is 0 Å². The summed E-state index contributed by atoms with van der Waals surface area (Å²) in [6, 6.07) is 10.4. The summed E-state index contributed by atoms with van der Waals surface area (Å²) >= 11 is 0. The Morgan fingerprint density at radius 2 is 1.85 bits per heavy atom. The van der Waals surface area contributed by atoms with E-state index in [2.05, 4.69) is 36.0 Å². The SMILES string of the molecule is CC(C)N1C2CCC1CC(c1noc3ccccc13)C2. The molecule has 2 saturated heterocycles. The summed E-state index contributed by atoms with van der Waals surface area (Å²) < 4.78 is 5.50. The van der Waals surface area contributed by atoms with Crippen molar-refractivity contribution in [2.45, 2.75) is 63.6 Å². The molecule has 0 aliphatic carbocycles. The van der Waals surface area contributed by atoms with Crippen molar-refractivity contribution in [3.8, 4) is 0 Å². The van der Waals surface area contributed by atoms with Gasteiger partial charge in [0.25, 0.3) is 0 Å². The molecule has 0 saturated carbocycles. The summed E-state index contributed by atoms with van der Waals surface area (Å²) in [5.41, 5.74) is 2.13. The van der Waals surface area contributed by atoms with Crippen LogP contribution in [0.15, 0.2) is 28.8 Å². The number of hydrogen-bond donors (Lipinski definition) is 0. The molecule has 0 N–H and O–H groups in total. The molecule has 2 atom stereocenters. The van der Waals surface area contributed by atoms with Gasteiger partial charge >= 0.3 is 0 Å². The molecule has 1 aromatic heterocycles. The maximum atomic E-state index is 5.50. The van der Waals surface area contributed by atoms with Gasteiger partial charge in [-0.05, 0) is 51.7 Å². The maximum Gasteiger partial charge on any atom is 0.167 e. The van der Waals surface area contributed by atoms with E-state index in [4.69, 9.17) is 4.52 Å². The van der Waals surface area contributed by atoms with Crippen LogP contribution in [0.25, 0.3) is 11.0 Å². The molecule has 2 aromatic rings. The molecule has 2 aliphatic rings. The van der Waals surface area contributed by atoms with Crippen molar-refractivity contribution in [1.29, 1.82) is 0 Å². The van der Waals surface area contributed by atoms with Crippen LogP contribution in [0.5, 0.6) is 0 Å². The first-order chi connectivity index (χ1) is 9.74. The molecule has 3 heteroatoms. The molecule has 3 heterocycles. The third kappa shape index (κ3) is 1.80. The predicted molar refractivity (Wildman–Crippen MR) is 79.8 cm³/mol. The fourth-order valence-corrected chi connectivity index (χ4v) is 4.48. The van der Waals surface area contributed by atoms with Crippen molar-refractivity contribution in [3.63, 3.8) is 0 Å².